The zero-order valence-electron chi connectivity index (χ0n) is 9.58. The van der Waals surface area contributed by atoms with Crippen LogP contribution in [0.1, 0.15) is 32.1 Å². The van der Waals surface area contributed by atoms with Crippen molar-refractivity contribution in [2.24, 2.45) is 5.92 Å². The summed E-state index contributed by atoms with van der Waals surface area (Å²) in [5.41, 5.74) is 2.68. The largest absolute Gasteiger partial charge is 0.309 e. The predicted molar refractivity (Wildman–Crippen MR) is 64.4 cm³/mol. The Labute approximate surface area is 98.1 Å². The normalized spacial score (nSPS) is 25.5. The highest BCUT2D eigenvalue weighted by Gasteiger charge is 2.33. The summed E-state index contributed by atoms with van der Waals surface area (Å²) in [4.78, 5) is 14.1. The summed E-state index contributed by atoms with van der Waals surface area (Å²) in [5.74, 6) is 0.724. The number of nitrogens with zero attached hydrogens (tertiary/aromatic N) is 1. The van der Waals surface area contributed by atoms with Crippen molar-refractivity contribution in [3.8, 4) is 0 Å². The highest BCUT2D eigenvalue weighted by Crippen LogP contribution is 2.37. The van der Waals surface area contributed by atoms with Crippen molar-refractivity contribution < 1.29 is 4.79 Å². The molecule has 0 aromatic rings. The molecule has 0 fully saturated rings. The van der Waals surface area contributed by atoms with Crippen molar-refractivity contribution in [3.63, 3.8) is 0 Å². The Morgan fingerprint density at radius 3 is 2.53 bits per heavy atom. The summed E-state index contributed by atoms with van der Waals surface area (Å²) >= 11 is 0. The fraction of sp³-hybridized carbons (Fsp3) is 0.750. The lowest BCUT2D eigenvalue weighted by Gasteiger charge is -2.14. The van der Waals surface area contributed by atoms with Gasteiger partial charge in [0.15, 0.2) is 5.78 Å². The number of hydrogen-bond donors (Lipinski definition) is 0. The first-order valence-electron chi connectivity index (χ1n) is 5.58. The third kappa shape index (κ3) is 2.61. The lowest BCUT2D eigenvalue weighted by Crippen LogP contribution is -2.25. The molecule has 1 unspecified atom stereocenters. The molecular weight excluding hydrogens is 210 g/mol. The minimum absolute atomic E-state index is 0. The highest BCUT2D eigenvalue weighted by atomic mass is 35.5. The molecule has 0 radical (unpaired) electrons. The molecule has 2 nitrogen and oxygen atoms in total. The van der Waals surface area contributed by atoms with Gasteiger partial charge in [-0.1, -0.05) is 5.57 Å². The van der Waals surface area contributed by atoms with Gasteiger partial charge in [-0.05, 0) is 51.8 Å². The molecule has 0 amide bonds. The lowest BCUT2D eigenvalue weighted by molar-refractivity contribution is -0.118. The van der Waals surface area contributed by atoms with Gasteiger partial charge < -0.3 is 4.90 Å². The van der Waals surface area contributed by atoms with Gasteiger partial charge in [0.25, 0.3) is 0 Å². The maximum atomic E-state index is 12.0. The number of carbonyl (C=O) groups excluding carboxylic acids is 1. The Morgan fingerprint density at radius 1 is 1.27 bits per heavy atom. The third-order valence-corrected chi connectivity index (χ3v) is 3.33. The number of allylic oxidation sites excluding steroid dienone is 2. The van der Waals surface area contributed by atoms with Crippen LogP contribution in [0.5, 0.6) is 0 Å². The predicted octanol–water partition coefficient (Wildman–Crippen LogP) is 2.43. The molecule has 0 bridgehead atoms. The summed E-state index contributed by atoms with van der Waals surface area (Å²) in [6.07, 6.45) is 5.80. The van der Waals surface area contributed by atoms with Crippen LogP contribution in [0.2, 0.25) is 0 Å². The molecule has 2 aliphatic carbocycles. The monoisotopic (exact) mass is 229 g/mol. The van der Waals surface area contributed by atoms with Gasteiger partial charge >= 0.3 is 0 Å². The van der Waals surface area contributed by atoms with Crippen molar-refractivity contribution >= 4 is 18.2 Å². The van der Waals surface area contributed by atoms with Crippen LogP contribution in [0.25, 0.3) is 0 Å². The van der Waals surface area contributed by atoms with Crippen molar-refractivity contribution in [1.29, 1.82) is 0 Å². The molecule has 0 saturated carbocycles. The summed E-state index contributed by atoms with van der Waals surface area (Å²) in [6, 6.07) is 0. The molecule has 0 heterocycles. The maximum Gasteiger partial charge on any atom is 0.163 e. The Hall–Kier alpha value is -0.340. The fourth-order valence-corrected chi connectivity index (χ4v) is 2.72. The second-order valence-electron chi connectivity index (χ2n) is 4.82. The van der Waals surface area contributed by atoms with E-state index < -0.39 is 0 Å². The zero-order valence-corrected chi connectivity index (χ0v) is 10.4. The van der Waals surface area contributed by atoms with Gasteiger partial charge in [0.1, 0.15) is 0 Å². The Kier molecular flexibility index (Phi) is 4.35. The van der Waals surface area contributed by atoms with Crippen LogP contribution in [0.3, 0.4) is 0 Å². The van der Waals surface area contributed by atoms with Crippen LogP contribution >= 0.6 is 12.4 Å². The minimum Gasteiger partial charge on any atom is -0.309 e. The summed E-state index contributed by atoms with van der Waals surface area (Å²) in [5, 5.41) is 0. The molecular formula is C12H20ClNO. The molecule has 2 rings (SSSR count). The van der Waals surface area contributed by atoms with Crippen LogP contribution in [-0.4, -0.2) is 31.3 Å². The number of halogens is 1. The van der Waals surface area contributed by atoms with Crippen LogP contribution in [0, 0.1) is 5.92 Å². The molecule has 3 heteroatoms. The second-order valence-corrected chi connectivity index (χ2v) is 4.82. The fourth-order valence-electron chi connectivity index (χ4n) is 2.72. The van der Waals surface area contributed by atoms with Gasteiger partial charge in [0.05, 0.1) is 0 Å². The molecule has 15 heavy (non-hydrogen) atoms. The van der Waals surface area contributed by atoms with E-state index >= 15 is 0 Å². The number of Topliss-reactive ketones (excluding diaryl/α,β-unsaturated/α-hetero) is 1. The van der Waals surface area contributed by atoms with Gasteiger partial charge in [-0.3, -0.25) is 4.79 Å². The molecule has 0 aliphatic heterocycles. The molecule has 2 aliphatic rings. The number of hydrogen-bond acceptors (Lipinski definition) is 2. The smallest absolute Gasteiger partial charge is 0.163 e. The minimum atomic E-state index is 0. The summed E-state index contributed by atoms with van der Waals surface area (Å²) < 4.78 is 0. The molecule has 0 aromatic heterocycles. The van der Waals surface area contributed by atoms with E-state index in [2.05, 4.69) is 4.90 Å². The zero-order chi connectivity index (χ0) is 10.1. The number of rotatable bonds is 2. The second kappa shape index (κ2) is 5.13. The van der Waals surface area contributed by atoms with Gasteiger partial charge in [-0.25, -0.2) is 0 Å². The molecule has 0 N–H and O–H groups in total. The van der Waals surface area contributed by atoms with E-state index in [4.69, 9.17) is 0 Å². The standard InChI is InChI=1S/C12H19NO.ClH/c1-13(2)8-10-7-9-5-3-4-6-11(9)12(10)14;/h10H,3-8H2,1-2H3;1H. The topological polar surface area (TPSA) is 20.3 Å². The highest BCUT2D eigenvalue weighted by molar-refractivity contribution is 6.00. The van der Waals surface area contributed by atoms with E-state index in [1.807, 2.05) is 14.1 Å². The molecule has 0 aromatic carbocycles. The Morgan fingerprint density at radius 2 is 1.93 bits per heavy atom. The van der Waals surface area contributed by atoms with Crippen molar-refractivity contribution in [2.75, 3.05) is 20.6 Å². The third-order valence-electron chi connectivity index (χ3n) is 3.33. The van der Waals surface area contributed by atoms with Crippen LogP contribution in [0.4, 0.5) is 0 Å². The number of carbonyl (C=O) groups is 1. The summed E-state index contributed by atoms with van der Waals surface area (Å²) in [6.45, 7) is 0.922. The molecule has 86 valence electrons. The van der Waals surface area contributed by atoms with Gasteiger partial charge in [-0.2, -0.15) is 0 Å². The number of ketones is 1. The van der Waals surface area contributed by atoms with Gasteiger partial charge in [0.2, 0.25) is 0 Å². The van der Waals surface area contributed by atoms with Crippen molar-refractivity contribution in [3.05, 3.63) is 11.1 Å². The Balaban J connectivity index is 0.00000112. The quantitative estimate of drug-likeness (QED) is 0.725. The van der Waals surface area contributed by atoms with Crippen LogP contribution < -0.4 is 0 Å². The molecule has 0 saturated heterocycles. The molecule has 1 atom stereocenters. The van der Waals surface area contributed by atoms with Crippen LogP contribution in [0.15, 0.2) is 11.1 Å². The van der Waals surface area contributed by atoms with Crippen molar-refractivity contribution in [1.82, 2.24) is 4.90 Å². The van der Waals surface area contributed by atoms with Gasteiger partial charge in [-0.15, -0.1) is 12.4 Å². The van der Waals surface area contributed by atoms with E-state index in [9.17, 15) is 4.79 Å². The van der Waals surface area contributed by atoms with E-state index in [1.54, 1.807) is 0 Å². The van der Waals surface area contributed by atoms with Gasteiger partial charge in [0, 0.05) is 12.5 Å². The summed E-state index contributed by atoms with van der Waals surface area (Å²) in [7, 11) is 4.09. The molecule has 0 spiro atoms. The first kappa shape index (κ1) is 12.7. The van der Waals surface area contributed by atoms with E-state index in [1.165, 1.54) is 30.4 Å². The van der Waals surface area contributed by atoms with E-state index in [-0.39, 0.29) is 18.3 Å². The Bertz CT molecular complexity index is 283. The first-order valence-corrected chi connectivity index (χ1v) is 5.58. The lowest BCUT2D eigenvalue weighted by atomic mass is 9.94. The van der Waals surface area contributed by atoms with E-state index in [0.717, 1.165) is 19.4 Å². The van der Waals surface area contributed by atoms with Crippen molar-refractivity contribution in [2.45, 2.75) is 32.1 Å². The van der Waals surface area contributed by atoms with Crippen LogP contribution in [-0.2, 0) is 4.79 Å². The SMILES string of the molecule is CN(C)CC1CC2=C(CCCC2)C1=O.Cl. The maximum absolute atomic E-state index is 12.0. The first-order chi connectivity index (χ1) is 6.68. The average molecular weight is 230 g/mol. The van der Waals surface area contributed by atoms with E-state index in [0.29, 0.717) is 5.78 Å². The average Bonchev–Trinajstić information content (AvgIpc) is 2.44.